The molecule has 118 valence electrons. The Balaban J connectivity index is 1.97. The lowest BCUT2D eigenvalue weighted by Crippen LogP contribution is -2.36. The fourth-order valence-electron chi connectivity index (χ4n) is 2.62. The van der Waals surface area contributed by atoms with Crippen molar-refractivity contribution in [3.8, 4) is 0 Å². The highest BCUT2D eigenvalue weighted by molar-refractivity contribution is 6.32. The van der Waals surface area contributed by atoms with Crippen LogP contribution in [0.25, 0.3) is 0 Å². The first-order chi connectivity index (χ1) is 10.1. The minimum Gasteiger partial charge on any atom is -0.381 e. The summed E-state index contributed by atoms with van der Waals surface area (Å²) in [5.41, 5.74) is 0.435. The van der Waals surface area contributed by atoms with Gasteiger partial charge in [-0.05, 0) is 39.3 Å². The predicted octanol–water partition coefficient (Wildman–Crippen LogP) is 2.59. The van der Waals surface area contributed by atoms with Gasteiger partial charge in [0, 0.05) is 19.1 Å². The summed E-state index contributed by atoms with van der Waals surface area (Å²) in [5.74, 6) is 0. The van der Waals surface area contributed by atoms with Crippen molar-refractivity contribution in [3.63, 3.8) is 0 Å². The zero-order chi connectivity index (χ0) is 15.2. The van der Waals surface area contributed by atoms with Crippen molar-refractivity contribution in [2.24, 2.45) is 0 Å². The smallest absolute Gasteiger partial charge is 0.287 e. The summed E-state index contributed by atoms with van der Waals surface area (Å²) >= 11 is 6.17. The number of anilines is 1. The van der Waals surface area contributed by atoms with E-state index >= 15 is 0 Å². The van der Waals surface area contributed by atoms with E-state index in [1.165, 1.54) is 17.5 Å². The quantitative estimate of drug-likeness (QED) is 0.841. The van der Waals surface area contributed by atoms with Gasteiger partial charge in [0.2, 0.25) is 0 Å². The number of hydrogen-bond donors (Lipinski definition) is 1. The monoisotopic (exact) mass is 312 g/mol. The number of likely N-dealkylation sites (tertiary alicyclic amines) is 1. The van der Waals surface area contributed by atoms with Crippen LogP contribution in [0.1, 0.15) is 39.5 Å². The number of aromatic nitrogens is 2. The van der Waals surface area contributed by atoms with Crippen molar-refractivity contribution in [1.82, 2.24) is 14.7 Å². The lowest BCUT2D eigenvalue weighted by Gasteiger charge is -2.24. The maximum atomic E-state index is 12.1. The molecule has 1 aromatic heterocycles. The van der Waals surface area contributed by atoms with E-state index in [1.807, 2.05) is 0 Å². The number of rotatable bonds is 7. The highest BCUT2D eigenvalue weighted by Crippen LogP contribution is 2.17. The second kappa shape index (κ2) is 7.80. The van der Waals surface area contributed by atoms with Gasteiger partial charge in [0.15, 0.2) is 0 Å². The van der Waals surface area contributed by atoms with Gasteiger partial charge < -0.3 is 5.32 Å². The number of nitrogens with zero attached hydrogens (tertiary/aromatic N) is 3. The van der Waals surface area contributed by atoms with E-state index in [-0.39, 0.29) is 10.6 Å². The first-order valence-electron chi connectivity index (χ1n) is 7.87. The topological polar surface area (TPSA) is 50.2 Å². The molecule has 0 aliphatic carbocycles. The van der Waals surface area contributed by atoms with E-state index in [0.717, 1.165) is 32.5 Å². The Kier molecular flexibility index (Phi) is 6.06. The Morgan fingerprint density at radius 3 is 2.81 bits per heavy atom. The molecule has 1 aromatic rings. The number of nitrogens with one attached hydrogen (secondary N) is 1. The summed E-state index contributed by atoms with van der Waals surface area (Å²) in [6.45, 7) is 8.00. The number of aryl methyl sites for hydroxylation is 1. The van der Waals surface area contributed by atoms with Gasteiger partial charge in [0.1, 0.15) is 5.02 Å². The first-order valence-corrected chi connectivity index (χ1v) is 8.24. The van der Waals surface area contributed by atoms with Gasteiger partial charge in [-0.3, -0.25) is 9.69 Å². The van der Waals surface area contributed by atoms with Crippen molar-refractivity contribution in [2.75, 3.05) is 25.0 Å². The van der Waals surface area contributed by atoms with Crippen molar-refractivity contribution in [2.45, 2.75) is 52.1 Å². The molecule has 1 saturated heterocycles. The van der Waals surface area contributed by atoms with Crippen molar-refractivity contribution in [1.29, 1.82) is 0 Å². The van der Waals surface area contributed by atoms with Crippen LogP contribution in [-0.4, -0.2) is 40.4 Å². The van der Waals surface area contributed by atoms with Crippen LogP contribution in [0, 0.1) is 0 Å². The van der Waals surface area contributed by atoms with Crippen molar-refractivity contribution in [3.05, 3.63) is 21.6 Å². The highest BCUT2D eigenvalue weighted by Gasteiger charge is 2.18. The van der Waals surface area contributed by atoms with Gasteiger partial charge in [-0.2, -0.15) is 5.10 Å². The van der Waals surface area contributed by atoms with E-state index in [1.54, 1.807) is 6.20 Å². The lowest BCUT2D eigenvalue weighted by molar-refractivity contribution is 0.269. The van der Waals surface area contributed by atoms with E-state index in [0.29, 0.717) is 18.3 Å². The van der Waals surface area contributed by atoms with Crippen LogP contribution in [0.4, 0.5) is 5.69 Å². The van der Waals surface area contributed by atoms with Gasteiger partial charge >= 0.3 is 0 Å². The average molecular weight is 313 g/mol. The molecule has 5 nitrogen and oxygen atoms in total. The number of hydrogen-bond acceptors (Lipinski definition) is 4. The normalized spacial score (nSPS) is 17.1. The zero-order valence-electron chi connectivity index (χ0n) is 12.9. The molecular weight excluding hydrogens is 288 g/mol. The van der Waals surface area contributed by atoms with Crippen LogP contribution in [0.15, 0.2) is 11.0 Å². The van der Waals surface area contributed by atoms with Crippen LogP contribution >= 0.6 is 11.6 Å². The largest absolute Gasteiger partial charge is 0.381 e. The molecule has 0 amide bonds. The predicted molar refractivity (Wildman–Crippen MR) is 87.2 cm³/mol. The Morgan fingerprint density at radius 2 is 2.14 bits per heavy atom. The van der Waals surface area contributed by atoms with Crippen molar-refractivity contribution < 1.29 is 0 Å². The molecule has 0 saturated carbocycles. The molecule has 0 radical (unpaired) electrons. The Labute approximate surface area is 131 Å². The molecular formula is C15H25ClN4O. The molecule has 1 fully saturated rings. The molecule has 1 unspecified atom stereocenters. The molecule has 1 aliphatic heterocycles. The van der Waals surface area contributed by atoms with E-state index in [2.05, 4.69) is 29.2 Å². The van der Waals surface area contributed by atoms with Crippen LogP contribution in [0.3, 0.4) is 0 Å². The molecule has 1 N–H and O–H groups in total. The molecule has 1 aliphatic rings. The maximum absolute atomic E-state index is 12.1. The SMILES string of the molecule is CCCCn1ncc(NCC(C)N2CCCC2)c(Cl)c1=O. The summed E-state index contributed by atoms with van der Waals surface area (Å²) in [6.07, 6.45) is 6.18. The Morgan fingerprint density at radius 1 is 1.43 bits per heavy atom. The third-order valence-electron chi connectivity index (χ3n) is 4.06. The summed E-state index contributed by atoms with van der Waals surface area (Å²) in [4.78, 5) is 14.6. The highest BCUT2D eigenvalue weighted by atomic mass is 35.5. The van der Waals surface area contributed by atoms with E-state index in [9.17, 15) is 4.79 Å². The molecule has 6 heteroatoms. The summed E-state index contributed by atoms with van der Waals surface area (Å²) in [6, 6.07) is 0.436. The number of unbranched alkanes of at least 4 members (excludes halogenated alkanes) is 1. The molecule has 21 heavy (non-hydrogen) atoms. The third kappa shape index (κ3) is 4.20. The Hall–Kier alpha value is -1.07. The van der Waals surface area contributed by atoms with Gasteiger partial charge in [-0.15, -0.1) is 0 Å². The van der Waals surface area contributed by atoms with Crippen LogP contribution in [-0.2, 0) is 6.54 Å². The standard InChI is InChI=1S/C15H25ClN4O/c1-3-4-9-20-15(21)14(16)13(11-18-20)17-10-12(2)19-7-5-6-8-19/h11-12,17H,3-10H2,1-2H3. The molecule has 2 heterocycles. The lowest BCUT2D eigenvalue weighted by atomic mass is 10.3. The summed E-state index contributed by atoms with van der Waals surface area (Å²) in [7, 11) is 0. The van der Waals surface area contributed by atoms with E-state index < -0.39 is 0 Å². The second-order valence-electron chi connectivity index (χ2n) is 5.73. The third-order valence-corrected chi connectivity index (χ3v) is 4.43. The van der Waals surface area contributed by atoms with Crippen LogP contribution in [0.5, 0.6) is 0 Å². The molecule has 0 aromatic carbocycles. The molecule has 1 atom stereocenters. The minimum atomic E-state index is -0.205. The molecule has 0 bridgehead atoms. The van der Waals surface area contributed by atoms with Crippen LogP contribution in [0.2, 0.25) is 5.02 Å². The van der Waals surface area contributed by atoms with Crippen LogP contribution < -0.4 is 10.9 Å². The molecule has 0 spiro atoms. The summed E-state index contributed by atoms with van der Waals surface area (Å²) < 4.78 is 1.45. The fourth-order valence-corrected chi connectivity index (χ4v) is 2.84. The maximum Gasteiger partial charge on any atom is 0.287 e. The first kappa shape index (κ1) is 16.3. The van der Waals surface area contributed by atoms with Gasteiger partial charge in [0.05, 0.1) is 11.9 Å². The zero-order valence-corrected chi connectivity index (χ0v) is 13.7. The van der Waals surface area contributed by atoms with Gasteiger partial charge in [0.25, 0.3) is 5.56 Å². The fraction of sp³-hybridized carbons (Fsp3) is 0.733. The molecule has 2 rings (SSSR count). The van der Waals surface area contributed by atoms with Crippen molar-refractivity contribution >= 4 is 17.3 Å². The average Bonchev–Trinajstić information content (AvgIpc) is 3.02. The summed E-state index contributed by atoms with van der Waals surface area (Å²) in [5, 5.41) is 7.71. The minimum absolute atomic E-state index is 0.205. The second-order valence-corrected chi connectivity index (χ2v) is 6.11. The number of halogens is 1. The van der Waals surface area contributed by atoms with E-state index in [4.69, 9.17) is 11.6 Å². The Bertz CT molecular complexity index is 511. The van der Waals surface area contributed by atoms with Gasteiger partial charge in [-0.1, -0.05) is 24.9 Å². The van der Waals surface area contributed by atoms with Gasteiger partial charge in [-0.25, -0.2) is 4.68 Å².